The maximum atomic E-state index is 12.4. The molecule has 0 fully saturated rings. The van der Waals surface area contributed by atoms with Gasteiger partial charge in [0, 0.05) is 46.4 Å². The van der Waals surface area contributed by atoms with Crippen molar-refractivity contribution < 1.29 is 4.79 Å². The van der Waals surface area contributed by atoms with Crippen molar-refractivity contribution in [2.75, 3.05) is 10.6 Å². The van der Waals surface area contributed by atoms with Crippen molar-refractivity contribution in [3.8, 4) is 0 Å². The maximum absolute atomic E-state index is 12.4. The Kier molecular flexibility index (Phi) is 4.72. The number of amides is 1. The number of H-pyrrole nitrogens is 1. The lowest BCUT2D eigenvalue weighted by atomic mass is 10.1. The van der Waals surface area contributed by atoms with Crippen LogP contribution in [-0.2, 0) is 4.79 Å². The van der Waals surface area contributed by atoms with Crippen molar-refractivity contribution in [2.24, 2.45) is 0 Å². The summed E-state index contributed by atoms with van der Waals surface area (Å²) >= 11 is 6.03. The van der Waals surface area contributed by atoms with Gasteiger partial charge in [-0.2, -0.15) is 0 Å². The van der Waals surface area contributed by atoms with E-state index in [0.717, 1.165) is 10.9 Å². The molecule has 0 aliphatic rings. The molecule has 0 unspecified atom stereocenters. The van der Waals surface area contributed by atoms with Crippen LogP contribution in [0.3, 0.4) is 0 Å². The molecule has 2 aromatic heterocycles. The summed E-state index contributed by atoms with van der Waals surface area (Å²) in [4.78, 5) is 30.6. The number of carbonyl (C=O) groups is 1. The van der Waals surface area contributed by atoms with Gasteiger partial charge in [-0.15, -0.1) is 0 Å². The molecule has 3 rings (SSSR count). The highest BCUT2D eigenvalue weighted by atomic mass is 35.5. The molecule has 0 aliphatic heterocycles. The van der Waals surface area contributed by atoms with Gasteiger partial charge in [0.05, 0.1) is 6.04 Å². The lowest BCUT2D eigenvalue weighted by Crippen LogP contribution is -2.19. The van der Waals surface area contributed by atoms with E-state index in [1.165, 1.54) is 6.92 Å². The van der Waals surface area contributed by atoms with Crippen LogP contribution in [0.2, 0.25) is 5.02 Å². The first kappa shape index (κ1) is 17.0. The molecular weight excluding hydrogens is 340 g/mol. The average Bonchev–Trinajstić information content (AvgIpc) is 2.54. The second-order valence-electron chi connectivity index (χ2n) is 5.76. The molecule has 2 heterocycles. The monoisotopic (exact) mass is 356 g/mol. The van der Waals surface area contributed by atoms with Crippen molar-refractivity contribution >= 4 is 39.9 Å². The first-order chi connectivity index (χ1) is 11.9. The SMILES string of the molecule is CC(=O)Nc1ccnc(N[C@@H](C)c2cc3cc(Cl)ccc3[nH]c2=O)c1. The van der Waals surface area contributed by atoms with Gasteiger partial charge in [-0.1, -0.05) is 11.6 Å². The molecule has 3 N–H and O–H groups in total. The normalized spacial score (nSPS) is 12.0. The highest BCUT2D eigenvalue weighted by Crippen LogP contribution is 2.22. The van der Waals surface area contributed by atoms with Gasteiger partial charge in [0.1, 0.15) is 5.82 Å². The van der Waals surface area contributed by atoms with E-state index in [1.54, 1.807) is 36.5 Å². The smallest absolute Gasteiger partial charge is 0.253 e. The lowest BCUT2D eigenvalue weighted by Gasteiger charge is -2.15. The third-order valence-electron chi connectivity index (χ3n) is 3.75. The van der Waals surface area contributed by atoms with E-state index in [0.29, 0.717) is 22.1 Å². The molecule has 0 saturated carbocycles. The Labute approximate surface area is 149 Å². The molecule has 3 aromatic rings. The molecule has 128 valence electrons. The van der Waals surface area contributed by atoms with Crippen LogP contribution in [0.15, 0.2) is 47.4 Å². The zero-order chi connectivity index (χ0) is 18.0. The quantitative estimate of drug-likeness (QED) is 0.665. The number of aromatic amines is 1. The molecular formula is C18H17ClN4O2. The number of benzene rings is 1. The Balaban J connectivity index is 1.89. The summed E-state index contributed by atoms with van der Waals surface area (Å²) < 4.78 is 0. The number of nitrogens with one attached hydrogen (secondary N) is 3. The maximum Gasteiger partial charge on any atom is 0.253 e. The number of fused-ring (bicyclic) bond motifs is 1. The summed E-state index contributed by atoms with van der Waals surface area (Å²) in [5.41, 5.74) is 1.77. The van der Waals surface area contributed by atoms with Crippen molar-refractivity contribution in [2.45, 2.75) is 19.9 Å². The van der Waals surface area contributed by atoms with E-state index < -0.39 is 0 Å². The number of hydrogen-bond acceptors (Lipinski definition) is 4. The first-order valence-corrected chi connectivity index (χ1v) is 8.13. The minimum absolute atomic E-state index is 0.159. The number of carbonyl (C=O) groups excluding carboxylic acids is 1. The molecule has 0 saturated heterocycles. The number of pyridine rings is 2. The summed E-state index contributed by atoms with van der Waals surface area (Å²) in [6.45, 7) is 3.31. The Morgan fingerprint density at radius 1 is 1.24 bits per heavy atom. The van der Waals surface area contributed by atoms with Gasteiger partial charge in [0.15, 0.2) is 0 Å². The molecule has 25 heavy (non-hydrogen) atoms. The summed E-state index contributed by atoms with van der Waals surface area (Å²) in [5, 5.41) is 7.34. The molecule has 1 amide bonds. The number of aromatic nitrogens is 2. The van der Waals surface area contributed by atoms with Crippen LogP contribution in [0, 0.1) is 0 Å². The van der Waals surface area contributed by atoms with Crippen LogP contribution in [-0.4, -0.2) is 15.9 Å². The van der Waals surface area contributed by atoms with Crippen molar-refractivity contribution in [3.05, 3.63) is 63.5 Å². The predicted octanol–water partition coefficient (Wildman–Crippen LogP) is 3.71. The van der Waals surface area contributed by atoms with Crippen LogP contribution in [0.25, 0.3) is 10.9 Å². The molecule has 0 radical (unpaired) electrons. The fourth-order valence-electron chi connectivity index (χ4n) is 2.61. The number of nitrogens with zero attached hydrogens (tertiary/aromatic N) is 1. The Bertz CT molecular complexity index is 1000. The fourth-order valence-corrected chi connectivity index (χ4v) is 2.79. The van der Waals surface area contributed by atoms with Crippen LogP contribution >= 0.6 is 11.6 Å². The van der Waals surface area contributed by atoms with E-state index in [1.807, 2.05) is 13.0 Å². The second kappa shape index (κ2) is 6.94. The average molecular weight is 357 g/mol. The zero-order valence-electron chi connectivity index (χ0n) is 13.8. The number of anilines is 2. The minimum atomic E-state index is -0.285. The standard InChI is InChI=1S/C18H17ClN4O2/c1-10(21-17-9-14(5-6-20-17)22-11(2)24)15-8-12-7-13(19)3-4-16(12)23-18(15)25/h3-10H,1-2H3,(H,23,25)(H2,20,21,22,24)/t10-/m0/s1. The fraction of sp³-hybridized carbons (Fsp3) is 0.167. The summed E-state index contributed by atoms with van der Waals surface area (Å²) in [6.07, 6.45) is 1.59. The second-order valence-corrected chi connectivity index (χ2v) is 6.20. The van der Waals surface area contributed by atoms with Crippen LogP contribution in [0.5, 0.6) is 0 Å². The third kappa shape index (κ3) is 3.97. The lowest BCUT2D eigenvalue weighted by molar-refractivity contribution is -0.114. The van der Waals surface area contributed by atoms with E-state index in [4.69, 9.17) is 11.6 Å². The molecule has 0 aliphatic carbocycles. The van der Waals surface area contributed by atoms with Gasteiger partial charge < -0.3 is 15.6 Å². The number of rotatable bonds is 4. The van der Waals surface area contributed by atoms with Crippen LogP contribution in [0.4, 0.5) is 11.5 Å². The van der Waals surface area contributed by atoms with Crippen molar-refractivity contribution in [1.29, 1.82) is 0 Å². The Morgan fingerprint density at radius 2 is 2.04 bits per heavy atom. The van der Waals surface area contributed by atoms with Gasteiger partial charge in [0.25, 0.3) is 5.56 Å². The van der Waals surface area contributed by atoms with Gasteiger partial charge in [0.2, 0.25) is 5.91 Å². The molecule has 7 heteroatoms. The Morgan fingerprint density at radius 3 is 2.80 bits per heavy atom. The van der Waals surface area contributed by atoms with Crippen molar-refractivity contribution in [3.63, 3.8) is 0 Å². The van der Waals surface area contributed by atoms with Crippen molar-refractivity contribution in [1.82, 2.24) is 9.97 Å². The van der Waals surface area contributed by atoms with Gasteiger partial charge in [-0.25, -0.2) is 4.98 Å². The third-order valence-corrected chi connectivity index (χ3v) is 3.98. The predicted molar refractivity (Wildman–Crippen MR) is 100 cm³/mol. The van der Waals surface area contributed by atoms with Gasteiger partial charge >= 0.3 is 0 Å². The molecule has 6 nitrogen and oxygen atoms in total. The molecule has 0 bridgehead atoms. The van der Waals surface area contributed by atoms with E-state index in [-0.39, 0.29) is 17.5 Å². The topological polar surface area (TPSA) is 86.9 Å². The number of hydrogen-bond donors (Lipinski definition) is 3. The summed E-state index contributed by atoms with van der Waals surface area (Å²) in [5.74, 6) is 0.400. The van der Waals surface area contributed by atoms with Crippen LogP contribution < -0.4 is 16.2 Å². The Hall–Kier alpha value is -2.86. The first-order valence-electron chi connectivity index (χ1n) is 7.75. The summed E-state index contributed by atoms with van der Waals surface area (Å²) in [6, 6.07) is 10.3. The highest BCUT2D eigenvalue weighted by Gasteiger charge is 2.12. The largest absolute Gasteiger partial charge is 0.363 e. The molecule has 1 aromatic carbocycles. The van der Waals surface area contributed by atoms with E-state index in [9.17, 15) is 9.59 Å². The highest BCUT2D eigenvalue weighted by molar-refractivity contribution is 6.31. The molecule has 1 atom stereocenters. The van der Waals surface area contributed by atoms with E-state index in [2.05, 4.69) is 20.6 Å². The number of halogens is 1. The van der Waals surface area contributed by atoms with Gasteiger partial charge in [-0.3, -0.25) is 9.59 Å². The van der Waals surface area contributed by atoms with E-state index >= 15 is 0 Å². The van der Waals surface area contributed by atoms with Crippen LogP contribution in [0.1, 0.15) is 25.5 Å². The van der Waals surface area contributed by atoms with Gasteiger partial charge in [-0.05, 0) is 37.3 Å². The zero-order valence-corrected chi connectivity index (χ0v) is 14.5. The summed E-state index contributed by atoms with van der Waals surface area (Å²) in [7, 11) is 0. The molecule has 0 spiro atoms. The minimum Gasteiger partial charge on any atom is -0.363 e.